The van der Waals surface area contributed by atoms with E-state index in [9.17, 15) is 13.2 Å². The lowest BCUT2D eigenvalue weighted by Crippen LogP contribution is -2.11. The van der Waals surface area contributed by atoms with Gasteiger partial charge in [0.1, 0.15) is 0 Å². The first-order valence-electron chi connectivity index (χ1n) is 7.84. The molecule has 1 fully saturated rings. The molecular weight excluding hydrogens is 285 g/mol. The van der Waals surface area contributed by atoms with E-state index in [4.69, 9.17) is 0 Å². The van der Waals surface area contributed by atoms with E-state index < -0.39 is 11.7 Å². The van der Waals surface area contributed by atoms with E-state index in [0.29, 0.717) is 11.5 Å². The molecule has 0 N–H and O–H groups in total. The summed E-state index contributed by atoms with van der Waals surface area (Å²) in [5, 5.41) is 0. The third-order valence-electron chi connectivity index (χ3n) is 4.35. The lowest BCUT2D eigenvalue weighted by molar-refractivity contribution is -0.137. The highest BCUT2D eigenvalue weighted by Crippen LogP contribution is 2.31. The fourth-order valence-corrected chi connectivity index (χ4v) is 2.84. The molecule has 0 unspecified atom stereocenters. The minimum absolute atomic E-state index is 0.602. The van der Waals surface area contributed by atoms with Crippen molar-refractivity contribution in [2.45, 2.75) is 45.2 Å². The van der Waals surface area contributed by atoms with Crippen LogP contribution in [0.3, 0.4) is 0 Å². The first kappa shape index (κ1) is 16.7. The summed E-state index contributed by atoms with van der Waals surface area (Å²) >= 11 is 0. The van der Waals surface area contributed by atoms with Crippen LogP contribution in [0.4, 0.5) is 13.2 Å². The molecule has 1 aliphatic rings. The van der Waals surface area contributed by atoms with Gasteiger partial charge in [-0.1, -0.05) is 31.3 Å². The average molecular weight is 306 g/mol. The minimum Gasteiger partial charge on any atom is -0.166 e. The second-order valence-corrected chi connectivity index (χ2v) is 5.89. The van der Waals surface area contributed by atoms with Gasteiger partial charge in [0.05, 0.1) is 5.56 Å². The maximum Gasteiger partial charge on any atom is 0.416 e. The Morgan fingerprint density at radius 1 is 1.09 bits per heavy atom. The summed E-state index contributed by atoms with van der Waals surface area (Å²) in [6, 6.07) is 4.96. The Bertz CT molecular complexity index is 547. The molecule has 0 heterocycles. The van der Waals surface area contributed by atoms with E-state index in [2.05, 4.69) is 24.8 Å². The molecule has 0 spiro atoms. The molecule has 0 aromatic heterocycles. The van der Waals surface area contributed by atoms with Crippen LogP contribution in [-0.2, 0) is 6.18 Å². The van der Waals surface area contributed by atoms with E-state index in [1.807, 2.05) is 6.08 Å². The van der Waals surface area contributed by atoms with Crippen LogP contribution in [0.25, 0.3) is 0 Å². The fourth-order valence-electron chi connectivity index (χ4n) is 2.84. The quantitative estimate of drug-likeness (QED) is 0.603. The van der Waals surface area contributed by atoms with Crippen molar-refractivity contribution in [1.82, 2.24) is 0 Å². The summed E-state index contributed by atoms with van der Waals surface area (Å²) in [5.41, 5.74) is -0.0337. The van der Waals surface area contributed by atoms with Crippen molar-refractivity contribution in [3.63, 3.8) is 0 Å². The van der Waals surface area contributed by atoms with Crippen LogP contribution in [0.2, 0.25) is 0 Å². The number of hydrogen-bond donors (Lipinski definition) is 0. The van der Waals surface area contributed by atoms with E-state index in [1.54, 1.807) is 0 Å². The van der Waals surface area contributed by atoms with Crippen molar-refractivity contribution in [3.8, 4) is 11.8 Å². The zero-order valence-electron chi connectivity index (χ0n) is 12.8. The van der Waals surface area contributed by atoms with Gasteiger partial charge in [-0.2, -0.15) is 13.2 Å². The lowest BCUT2D eigenvalue weighted by Gasteiger charge is -2.25. The zero-order valence-corrected chi connectivity index (χ0v) is 12.8. The van der Waals surface area contributed by atoms with Gasteiger partial charge in [0.15, 0.2) is 0 Å². The summed E-state index contributed by atoms with van der Waals surface area (Å²) in [6.07, 6.45) is 5.98. The number of halogens is 3. The van der Waals surface area contributed by atoms with Gasteiger partial charge in [0.25, 0.3) is 0 Å². The van der Waals surface area contributed by atoms with Crippen LogP contribution in [0, 0.1) is 23.7 Å². The summed E-state index contributed by atoms with van der Waals surface area (Å²) in [7, 11) is 0. The van der Waals surface area contributed by atoms with Crippen LogP contribution in [0.1, 0.15) is 50.2 Å². The SMILES string of the molecule is CCC1CCC(/C=C/C#Cc2ccc(C(F)(F)F)cc2)CC1. The highest BCUT2D eigenvalue weighted by molar-refractivity contribution is 5.39. The van der Waals surface area contributed by atoms with Crippen molar-refractivity contribution in [2.75, 3.05) is 0 Å². The van der Waals surface area contributed by atoms with Gasteiger partial charge in [-0.05, 0) is 67.9 Å². The number of alkyl halides is 3. The minimum atomic E-state index is -4.29. The first-order chi connectivity index (χ1) is 10.5. The van der Waals surface area contributed by atoms with Gasteiger partial charge >= 0.3 is 6.18 Å². The Morgan fingerprint density at radius 2 is 1.73 bits per heavy atom. The summed E-state index contributed by atoms with van der Waals surface area (Å²) in [6.45, 7) is 2.25. The second kappa shape index (κ2) is 7.54. The van der Waals surface area contributed by atoms with Crippen molar-refractivity contribution in [3.05, 3.63) is 47.5 Å². The molecule has 0 atom stereocenters. The van der Waals surface area contributed by atoms with Crippen molar-refractivity contribution >= 4 is 0 Å². The molecule has 0 bridgehead atoms. The van der Waals surface area contributed by atoms with Crippen LogP contribution >= 0.6 is 0 Å². The number of hydrogen-bond acceptors (Lipinski definition) is 0. The Labute approximate surface area is 130 Å². The average Bonchev–Trinajstić information content (AvgIpc) is 2.52. The Kier molecular flexibility index (Phi) is 5.71. The molecule has 1 saturated carbocycles. The molecule has 0 saturated heterocycles. The maximum absolute atomic E-state index is 12.4. The molecule has 0 aliphatic heterocycles. The molecule has 0 nitrogen and oxygen atoms in total. The molecule has 0 radical (unpaired) electrons. The molecule has 1 aromatic rings. The van der Waals surface area contributed by atoms with Gasteiger partial charge in [-0.15, -0.1) is 0 Å². The Hall–Kier alpha value is -1.69. The predicted octanol–water partition coefficient (Wildman–Crippen LogP) is 5.83. The highest BCUT2D eigenvalue weighted by atomic mass is 19.4. The van der Waals surface area contributed by atoms with Crippen molar-refractivity contribution in [1.29, 1.82) is 0 Å². The lowest BCUT2D eigenvalue weighted by atomic mass is 9.81. The third kappa shape index (κ3) is 4.94. The standard InChI is InChI=1S/C19H21F3/c1-2-15-7-9-16(10-8-15)5-3-4-6-17-11-13-18(14-12-17)19(20,21)22/h3,5,11-16H,2,7-10H2,1H3/b5-3+. The van der Waals surface area contributed by atoms with Crippen LogP contribution in [0.5, 0.6) is 0 Å². The Balaban J connectivity index is 1.87. The van der Waals surface area contributed by atoms with Gasteiger partial charge in [0.2, 0.25) is 0 Å². The molecule has 0 amide bonds. The molecule has 118 valence electrons. The molecular formula is C19H21F3. The summed E-state index contributed by atoms with van der Waals surface area (Å²) in [4.78, 5) is 0. The first-order valence-corrected chi connectivity index (χ1v) is 7.84. The monoisotopic (exact) mass is 306 g/mol. The van der Waals surface area contributed by atoms with Crippen LogP contribution in [-0.4, -0.2) is 0 Å². The zero-order chi connectivity index (χ0) is 16.0. The highest BCUT2D eigenvalue weighted by Gasteiger charge is 2.29. The molecule has 2 rings (SSSR count). The number of benzene rings is 1. The summed E-state index contributed by atoms with van der Waals surface area (Å²) < 4.78 is 37.3. The summed E-state index contributed by atoms with van der Waals surface area (Å²) in [5.74, 6) is 7.28. The van der Waals surface area contributed by atoms with E-state index in [-0.39, 0.29) is 0 Å². The predicted molar refractivity (Wildman–Crippen MR) is 83.2 cm³/mol. The van der Waals surface area contributed by atoms with Crippen LogP contribution in [0.15, 0.2) is 36.4 Å². The number of rotatable bonds is 2. The van der Waals surface area contributed by atoms with E-state index in [0.717, 1.165) is 18.1 Å². The number of allylic oxidation sites excluding steroid dienone is 2. The maximum atomic E-state index is 12.4. The topological polar surface area (TPSA) is 0 Å². The van der Waals surface area contributed by atoms with E-state index >= 15 is 0 Å². The third-order valence-corrected chi connectivity index (χ3v) is 4.35. The van der Waals surface area contributed by atoms with Gasteiger partial charge in [0, 0.05) is 5.56 Å². The van der Waals surface area contributed by atoms with Crippen molar-refractivity contribution < 1.29 is 13.2 Å². The Morgan fingerprint density at radius 3 is 2.27 bits per heavy atom. The fraction of sp³-hybridized carbons (Fsp3) is 0.474. The van der Waals surface area contributed by atoms with Crippen LogP contribution < -0.4 is 0 Å². The normalized spacial score (nSPS) is 22.4. The van der Waals surface area contributed by atoms with Crippen molar-refractivity contribution in [2.24, 2.45) is 11.8 Å². The second-order valence-electron chi connectivity index (χ2n) is 5.89. The smallest absolute Gasteiger partial charge is 0.166 e. The van der Waals surface area contributed by atoms with Gasteiger partial charge < -0.3 is 0 Å². The largest absolute Gasteiger partial charge is 0.416 e. The van der Waals surface area contributed by atoms with Gasteiger partial charge in [-0.3, -0.25) is 0 Å². The van der Waals surface area contributed by atoms with Gasteiger partial charge in [-0.25, -0.2) is 0 Å². The van der Waals surface area contributed by atoms with E-state index in [1.165, 1.54) is 44.2 Å². The molecule has 22 heavy (non-hydrogen) atoms. The molecule has 1 aliphatic carbocycles. The molecule has 1 aromatic carbocycles. The molecule has 3 heteroatoms.